The van der Waals surface area contributed by atoms with Crippen LogP contribution in [0, 0.1) is 0 Å². The molecule has 98 valence electrons. The summed E-state index contributed by atoms with van der Waals surface area (Å²) in [6.07, 6.45) is 4.52. The van der Waals surface area contributed by atoms with Crippen molar-refractivity contribution < 1.29 is 9.90 Å². The molecule has 1 aromatic carbocycles. The lowest BCUT2D eigenvalue weighted by atomic mass is 10.1. The van der Waals surface area contributed by atoms with E-state index in [1.165, 1.54) is 11.0 Å². The van der Waals surface area contributed by atoms with Crippen molar-refractivity contribution in [2.45, 2.75) is 6.04 Å². The quantitative estimate of drug-likeness (QED) is 0.714. The molecule has 0 spiro atoms. The third-order valence-corrected chi connectivity index (χ3v) is 3.40. The SMILES string of the molecule is O=C(O)C1c2cncn2-c2ccccc2-c2ncnn21. The number of carboxylic acids is 1. The second kappa shape index (κ2) is 3.77. The molecule has 1 aliphatic heterocycles. The third-order valence-electron chi connectivity index (χ3n) is 3.40. The van der Waals surface area contributed by atoms with Crippen LogP contribution in [0.1, 0.15) is 11.7 Å². The smallest absolute Gasteiger partial charge is 0.334 e. The van der Waals surface area contributed by atoms with Crippen LogP contribution in [0.4, 0.5) is 0 Å². The maximum absolute atomic E-state index is 11.6. The van der Waals surface area contributed by atoms with Crippen LogP contribution < -0.4 is 0 Å². The van der Waals surface area contributed by atoms with Crippen molar-refractivity contribution >= 4 is 5.97 Å². The van der Waals surface area contributed by atoms with Crippen molar-refractivity contribution in [3.8, 4) is 17.1 Å². The standard InChI is InChI=1S/C13H9N5O2/c19-13(20)11-10-5-14-7-17(10)9-4-2-1-3-8(9)12-15-6-16-18(11)12/h1-7,11H,(H,19,20). The summed E-state index contributed by atoms with van der Waals surface area (Å²) in [4.78, 5) is 19.9. The van der Waals surface area contributed by atoms with Gasteiger partial charge in [0.15, 0.2) is 11.9 Å². The lowest BCUT2D eigenvalue weighted by molar-refractivity contribution is -0.139. The number of nitrogens with zero attached hydrogens (tertiary/aromatic N) is 5. The lowest BCUT2D eigenvalue weighted by Crippen LogP contribution is -2.22. The summed E-state index contributed by atoms with van der Waals surface area (Å²) in [7, 11) is 0. The summed E-state index contributed by atoms with van der Waals surface area (Å²) in [6, 6.07) is 6.63. The van der Waals surface area contributed by atoms with Crippen LogP contribution in [0.3, 0.4) is 0 Å². The summed E-state index contributed by atoms with van der Waals surface area (Å²) in [6.45, 7) is 0. The van der Waals surface area contributed by atoms with Gasteiger partial charge in [-0.1, -0.05) is 12.1 Å². The van der Waals surface area contributed by atoms with E-state index in [4.69, 9.17) is 0 Å². The van der Waals surface area contributed by atoms with Gasteiger partial charge in [0, 0.05) is 5.56 Å². The minimum absolute atomic E-state index is 0.539. The molecule has 1 aliphatic rings. The molecule has 1 atom stereocenters. The van der Waals surface area contributed by atoms with Gasteiger partial charge in [0.2, 0.25) is 0 Å². The Labute approximate surface area is 113 Å². The third kappa shape index (κ3) is 1.28. The highest BCUT2D eigenvalue weighted by Crippen LogP contribution is 2.34. The highest BCUT2D eigenvalue weighted by Gasteiger charge is 2.33. The van der Waals surface area contributed by atoms with Crippen molar-refractivity contribution in [1.82, 2.24) is 24.3 Å². The van der Waals surface area contributed by atoms with E-state index in [2.05, 4.69) is 15.1 Å². The molecule has 0 fully saturated rings. The fourth-order valence-electron chi connectivity index (χ4n) is 2.57. The Hall–Kier alpha value is -2.96. The van der Waals surface area contributed by atoms with Gasteiger partial charge in [-0.25, -0.2) is 19.4 Å². The van der Waals surface area contributed by atoms with E-state index in [1.54, 1.807) is 17.1 Å². The van der Waals surface area contributed by atoms with Gasteiger partial charge in [-0.05, 0) is 12.1 Å². The van der Waals surface area contributed by atoms with Gasteiger partial charge in [-0.2, -0.15) is 5.10 Å². The Bertz CT molecular complexity index is 758. The topological polar surface area (TPSA) is 85.8 Å². The number of carboxylic acid groups (broad SMARTS) is 1. The van der Waals surface area contributed by atoms with Gasteiger partial charge < -0.3 is 5.11 Å². The number of carbonyl (C=O) groups is 1. The summed E-state index contributed by atoms with van der Waals surface area (Å²) in [5.74, 6) is -0.456. The molecular formula is C13H9N5O2. The Morgan fingerprint density at radius 2 is 2.15 bits per heavy atom. The average Bonchev–Trinajstić information content (AvgIpc) is 3.07. The Morgan fingerprint density at radius 1 is 1.30 bits per heavy atom. The number of aromatic nitrogens is 5. The first kappa shape index (κ1) is 10.9. The summed E-state index contributed by atoms with van der Waals surface area (Å²) < 4.78 is 3.19. The van der Waals surface area contributed by atoms with Crippen LogP contribution >= 0.6 is 0 Å². The molecule has 7 heteroatoms. The van der Waals surface area contributed by atoms with Gasteiger partial charge in [-0.15, -0.1) is 0 Å². The number of benzene rings is 1. The van der Waals surface area contributed by atoms with E-state index in [0.29, 0.717) is 11.5 Å². The molecule has 1 N–H and O–H groups in total. The van der Waals surface area contributed by atoms with Gasteiger partial charge >= 0.3 is 5.97 Å². The molecule has 3 heterocycles. The number of para-hydroxylation sites is 1. The van der Waals surface area contributed by atoms with Crippen molar-refractivity contribution in [2.24, 2.45) is 0 Å². The first-order valence-electron chi connectivity index (χ1n) is 6.01. The largest absolute Gasteiger partial charge is 0.479 e. The molecule has 0 saturated heterocycles. The predicted octanol–water partition coefficient (Wildman–Crippen LogP) is 1.12. The van der Waals surface area contributed by atoms with Crippen molar-refractivity contribution in [3.05, 3.63) is 48.8 Å². The van der Waals surface area contributed by atoms with Crippen LogP contribution in [-0.2, 0) is 4.79 Å². The Morgan fingerprint density at radius 3 is 3.00 bits per heavy atom. The van der Waals surface area contributed by atoms with Crippen LogP contribution in [0.15, 0.2) is 43.1 Å². The first-order chi connectivity index (χ1) is 9.77. The summed E-state index contributed by atoms with van der Waals surface area (Å²) in [5.41, 5.74) is 2.22. The summed E-state index contributed by atoms with van der Waals surface area (Å²) >= 11 is 0. The van der Waals surface area contributed by atoms with Gasteiger partial charge in [0.05, 0.1) is 23.9 Å². The van der Waals surface area contributed by atoms with E-state index < -0.39 is 12.0 Å². The molecule has 0 radical (unpaired) electrons. The molecule has 3 aromatic rings. The molecule has 1 unspecified atom stereocenters. The number of fused-ring (bicyclic) bond motifs is 5. The van der Waals surface area contributed by atoms with E-state index in [1.807, 2.05) is 24.3 Å². The molecule has 0 aliphatic carbocycles. The Kier molecular flexibility index (Phi) is 2.06. The second-order valence-electron chi connectivity index (χ2n) is 4.47. The molecule has 0 saturated carbocycles. The fraction of sp³-hybridized carbons (Fsp3) is 0.0769. The molecule has 0 bridgehead atoms. The predicted molar refractivity (Wildman–Crippen MR) is 68.4 cm³/mol. The van der Waals surface area contributed by atoms with Crippen LogP contribution in [0.25, 0.3) is 17.1 Å². The number of rotatable bonds is 1. The van der Waals surface area contributed by atoms with E-state index in [0.717, 1.165) is 11.3 Å². The normalized spacial score (nSPS) is 15.9. The number of imidazole rings is 1. The first-order valence-corrected chi connectivity index (χ1v) is 6.01. The molecule has 4 rings (SSSR count). The Balaban J connectivity index is 2.15. The number of hydrogen-bond acceptors (Lipinski definition) is 4. The monoisotopic (exact) mass is 267 g/mol. The molecule has 7 nitrogen and oxygen atoms in total. The molecule has 0 amide bonds. The second-order valence-corrected chi connectivity index (χ2v) is 4.47. The zero-order chi connectivity index (χ0) is 13.7. The molecular weight excluding hydrogens is 258 g/mol. The summed E-state index contributed by atoms with van der Waals surface area (Å²) in [5, 5.41) is 13.6. The van der Waals surface area contributed by atoms with E-state index in [-0.39, 0.29) is 0 Å². The average molecular weight is 267 g/mol. The maximum Gasteiger partial charge on any atom is 0.334 e. The van der Waals surface area contributed by atoms with Gasteiger partial charge in [0.25, 0.3) is 0 Å². The van der Waals surface area contributed by atoms with Crippen LogP contribution in [0.2, 0.25) is 0 Å². The lowest BCUT2D eigenvalue weighted by Gasteiger charge is -2.12. The minimum Gasteiger partial charge on any atom is -0.479 e. The molecule has 20 heavy (non-hydrogen) atoms. The zero-order valence-electron chi connectivity index (χ0n) is 10.2. The van der Waals surface area contributed by atoms with E-state index in [9.17, 15) is 9.90 Å². The van der Waals surface area contributed by atoms with Crippen LogP contribution in [-0.4, -0.2) is 35.4 Å². The highest BCUT2D eigenvalue weighted by atomic mass is 16.4. The van der Waals surface area contributed by atoms with Gasteiger partial charge in [-0.3, -0.25) is 4.57 Å². The number of aliphatic carboxylic acids is 1. The van der Waals surface area contributed by atoms with Crippen LogP contribution in [0.5, 0.6) is 0 Å². The van der Waals surface area contributed by atoms with Crippen molar-refractivity contribution in [2.75, 3.05) is 0 Å². The van der Waals surface area contributed by atoms with Gasteiger partial charge in [0.1, 0.15) is 6.33 Å². The minimum atomic E-state index is -0.994. The van der Waals surface area contributed by atoms with Crippen molar-refractivity contribution in [1.29, 1.82) is 0 Å². The number of hydrogen-bond donors (Lipinski definition) is 1. The van der Waals surface area contributed by atoms with E-state index >= 15 is 0 Å². The fourth-order valence-corrected chi connectivity index (χ4v) is 2.57. The maximum atomic E-state index is 11.6. The highest BCUT2D eigenvalue weighted by molar-refractivity contribution is 5.79. The molecule has 2 aromatic heterocycles. The van der Waals surface area contributed by atoms with Crippen molar-refractivity contribution in [3.63, 3.8) is 0 Å². The zero-order valence-corrected chi connectivity index (χ0v) is 10.2.